The van der Waals surface area contributed by atoms with Crippen molar-refractivity contribution < 1.29 is 13.9 Å². The summed E-state index contributed by atoms with van der Waals surface area (Å²) in [4.78, 5) is 16.6. The van der Waals surface area contributed by atoms with Crippen molar-refractivity contribution >= 4 is 22.4 Å². The number of aromatic nitrogens is 1. The monoisotopic (exact) mass is 379 g/mol. The second kappa shape index (κ2) is 8.35. The molecule has 3 aromatic rings. The Morgan fingerprint density at radius 3 is 2.82 bits per heavy atom. The van der Waals surface area contributed by atoms with Crippen LogP contribution >= 0.6 is 0 Å². The zero-order valence-electron chi connectivity index (χ0n) is 15.5. The van der Waals surface area contributed by atoms with E-state index in [1.54, 1.807) is 24.5 Å². The van der Waals surface area contributed by atoms with E-state index >= 15 is 0 Å². The maximum Gasteiger partial charge on any atom is 0.224 e. The van der Waals surface area contributed by atoms with Crippen LogP contribution in [0.1, 0.15) is 19.3 Å². The van der Waals surface area contributed by atoms with Gasteiger partial charge in [0.05, 0.1) is 5.69 Å². The molecule has 1 amide bonds. The molecule has 0 aliphatic carbocycles. The van der Waals surface area contributed by atoms with Crippen LogP contribution in [0.15, 0.2) is 54.9 Å². The Morgan fingerprint density at radius 2 is 2.04 bits per heavy atom. The van der Waals surface area contributed by atoms with Crippen molar-refractivity contribution in [2.75, 3.05) is 18.4 Å². The minimum absolute atomic E-state index is 0.00394. The van der Waals surface area contributed by atoms with Crippen LogP contribution in [-0.2, 0) is 4.79 Å². The topological polar surface area (TPSA) is 63.2 Å². The number of halogens is 1. The molecule has 1 saturated heterocycles. The van der Waals surface area contributed by atoms with E-state index in [1.165, 1.54) is 12.1 Å². The van der Waals surface area contributed by atoms with E-state index in [0.29, 0.717) is 29.5 Å². The number of pyridine rings is 1. The second-order valence-electron chi connectivity index (χ2n) is 7.03. The number of carbonyl (C=O) groups excluding carboxylic acids is 1. The summed E-state index contributed by atoms with van der Waals surface area (Å²) >= 11 is 0. The highest BCUT2D eigenvalue weighted by Crippen LogP contribution is 2.34. The highest BCUT2D eigenvalue weighted by Gasteiger charge is 2.16. The minimum Gasteiger partial charge on any atom is -0.457 e. The highest BCUT2D eigenvalue weighted by molar-refractivity contribution is 6.03. The summed E-state index contributed by atoms with van der Waals surface area (Å²) in [5.41, 5.74) is 0.712. The average molecular weight is 379 g/mol. The Hall–Kier alpha value is -2.99. The van der Waals surface area contributed by atoms with Gasteiger partial charge in [-0.25, -0.2) is 4.39 Å². The average Bonchev–Trinajstić information content (AvgIpc) is 3.24. The van der Waals surface area contributed by atoms with Crippen LogP contribution in [0.5, 0.6) is 11.5 Å². The number of anilines is 1. The van der Waals surface area contributed by atoms with Gasteiger partial charge in [-0.3, -0.25) is 9.78 Å². The Morgan fingerprint density at radius 1 is 1.18 bits per heavy atom. The summed E-state index contributed by atoms with van der Waals surface area (Å²) in [5.74, 6) is 1.44. The lowest BCUT2D eigenvalue weighted by atomic mass is 10.0. The molecule has 2 aromatic carbocycles. The molecule has 1 fully saturated rings. The SMILES string of the molecule is O=C(CCC1CCNC1)Nc1ccc(Oc2ccc(F)cc2)c2ccncc12. The summed E-state index contributed by atoms with van der Waals surface area (Å²) < 4.78 is 19.0. The Balaban J connectivity index is 1.51. The zero-order chi connectivity index (χ0) is 19.3. The van der Waals surface area contributed by atoms with Crippen LogP contribution in [0, 0.1) is 11.7 Å². The molecule has 1 unspecified atom stereocenters. The second-order valence-corrected chi connectivity index (χ2v) is 7.03. The van der Waals surface area contributed by atoms with Gasteiger partial charge in [0.15, 0.2) is 0 Å². The van der Waals surface area contributed by atoms with E-state index in [0.717, 1.165) is 36.7 Å². The van der Waals surface area contributed by atoms with Crippen molar-refractivity contribution in [3.63, 3.8) is 0 Å². The van der Waals surface area contributed by atoms with Crippen LogP contribution < -0.4 is 15.4 Å². The maximum atomic E-state index is 13.1. The molecule has 6 heteroatoms. The number of hydrogen-bond acceptors (Lipinski definition) is 4. The van der Waals surface area contributed by atoms with E-state index < -0.39 is 0 Å². The molecule has 2 N–H and O–H groups in total. The summed E-state index contributed by atoms with van der Waals surface area (Å²) in [6, 6.07) is 11.3. The van der Waals surface area contributed by atoms with Crippen molar-refractivity contribution in [1.29, 1.82) is 0 Å². The number of ether oxygens (including phenoxy) is 1. The Kier molecular flexibility index (Phi) is 5.48. The molecule has 1 atom stereocenters. The van der Waals surface area contributed by atoms with Gasteiger partial charge in [0.2, 0.25) is 5.91 Å². The number of benzene rings is 2. The number of fused-ring (bicyclic) bond motifs is 1. The summed E-state index contributed by atoms with van der Waals surface area (Å²) in [7, 11) is 0. The molecule has 144 valence electrons. The fourth-order valence-corrected chi connectivity index (χ4v) is 3.50. The van der Waals surface area contributed by atoms with Gasteiger partial charge in [0.1, 0.15) is 17.3 Å². The number of rotatable bonds is 6. The molecule has 5 nitrogen and oxygen atoms in total. The molecule has 0 bridgehead atoms. The lowest BCUT2D eigenvalue weighted by Crippen LogP contribution is -2.15. The molecule has 0 spiro atoms. The van der Waals surface area contributed by atoms with E-state index in [4.69, 9.17) is 4.74 Å². The predicted octanol–water partition coefficient (Wildman–Crippen LogP) is 4.49. The van der Waals surface area contributed by atoms with Gasteiger partial charge in [-0.15, -0.1) is 0 Å². The highest BCUT2D eigenvalue weighted by atomic mass is 19.1. The number of amides is 1. The van der Waals surface area contributed by atoms with E-state index in [9.17, 15) is 9.18 Å². The van der Waals surface area contributed by atoms with Crippen LogP contribution in [0.2, 0.25) is 0 Å². The molecule has 1 aliphatic rings. The number of nitrogens with zero attached hydrogens (tertiary/aromatic N) is 1. The first-order valence-electron chi connectivity index (χ1n) is 9.50. The van der Waals surface area contributed by atoms with Crippen molar-refractivity contribution in [3.05, 3.63) is 60.7 Å². The standard InChI is InChI=1S/C22H22FN3O2/c23-16-2-4-17(5-3-16)28-21-7-6-20(19-14-25-12-10-18(19)21)26-22(27)8-1-15-9-11-24-13-15/h2-7,10,12,14-15,24H,1,8-9,11,13H2,(H,26,27). The normalized spacial score (nSPS) is 16.2. The molecule has 1 aliphatic heterocycles. The first-order valence-corrected chi connectivity index (χ1v) is 9.50. The quantitative estimate of drug-likeness (QED) is 0.662. The third-order valence-electron chi connectivity index (χ3n) is 5.04. The maximum absolute atomic E-state index is 13.1. The van der Waals surface area contributed by atoms with Crippen molar-refractivity contribution in [2.45, 2.75) is 19.3 Å². The molecular formula is C22H22FN3O2. The van der Waals surface area contributed by atoms with Crippen LogP contribution in [0.25, 0.3) is 10.8 Å². The van der Waals surface area contributed by atoms with Gasteiger partial charge < -0.3 is 15.4 Å². The van der Waals surface area contributed by atoms with Crippen LogP contribution in [0.3, 0.4) is 0 Å². The van der Waals surface area contributed by atoms with Gasteiger partial charge in [-0.2, -0.15) is 0 Å². The number of carbonyl (C=O) groups is 1. The third-order valence-corrected chi connectivity index (χ3v) is 5.04. The predicted molar refractivity (Wildman–Crippen MR) is 107 cm³/mol. The van der Waals surface area contributed by atoms with Crippen molar-refractivity contribution in [1.82, 2.24) is 10.3 Å². The number of hydrogen-bond donors (Lipinski definition) is 2. The fourth-order valence-electron chi connectivity index (χ4n) is 3.50. The third kappa shape index (κ3) is 4.28. The summed E-state index contributed by atoms with van der Waals surface area (Å²) in [5, 5.41) is 7.96. The van der Waals surface area contributed by atoms with Crippen LogP contribution in [0.4, 0.5) is 10.1 Å². The lowest BCUT2D eigenvalue weighted by Gasteiger charge is -2.13. The Bertz CT molecular complexity index is 969. The van der Waals surface area contributed by atoms with Gasteiger partial charge in [0.25, 0.3) is 0 Å². The summed E-state index contributed by atoms with van der Waals surface area (Å²) in [6.45, 7) is 2.04. The fraction of sp³-hybridized carbons (Fsp3) is 0.273. The first-order chi connectivity index (χ1) is 13.7. The molecule has 1 aromatic heterocycles. The van der Waals surface area contributed by atoms with Crippen molar-refractivity contribution in [3.8, 4) is 11.5 Å². The molecule has 0 saturated carbocycles. The molecule has 28 heavy (non-hydrogen) atoms. The molecule has 4 rings (SSSR count). The van der Waals surface area contributed by atoms with Crippen molar-refractivity contribution in [2.24, 2.45) is 5.92 Å². The Labute approximate surface area is 162 Å². The van der Waals surface area contributed by atoms with E-state index in [2.05, 4.69) is 15.6 Å². The van der Waals surface area contributed by atoms with Gasteiger partial charge >= 0.3 is 0 Å². The van der Waals surface area contributed by atoms with Crippen LogP contribution in [-0.4, -0.2) is 24.0 Å². The first kappa shape index (κ1) is 18.4. The van der Waals surface area contributed by atoms with E-state index in [1.807, 2.05) is 18.2 Å². The molecular weight excluding hydrogens is 357 g/mol. The van der Waals surface area contributed by atoms with Gasteiger partial charge in [-0.05, 0) is 74.3 Å². The van der Waals surface area contributed by atoms with E-state index in [-0.39, 0.29) is 11.7 Å². The smallest absolute Gasteiger partial charge is 0.224 e. The number of nitrogens with one attached hydrogen (secondary N) is 2. The van der Waals surface area contributed by atoms with Gasteiger partial charge in [0, 0.05) is 29.6 Å². The largest absolute Gasteiger partial charge is 0.457 e. The summed E-state index contributed by atoms with van der Waals surface area (Å²) in [6.07, 6.45) is 5.92. The molecule has 2 heterocycles. The molecule has 0 radical (unpaired) electrons. The van der Waals surface area contributed by atoms with Gasteiger partial charge in [-0.1, -0.05) is 0 Å². The lowest BCUT2D eigenvalue weighted by molar-refractivity contribution is -0.116. The minimum atomic E-state index is -0.312. The zero-order valence-corrected chi connectivity index (χ0v) is 15.5.